The summed E-state index contributed by atoms with van der Waals surface area (Å²) < 4.78 is 18.8. The minimum Gasteiger partial charge on any atom is -0.463 e. The zero-order valence-electron chi connectivity index (χ0n) is 14.2. The van der Waals surface area contributed by atoms with Gasteiger partial charge in [-0.3, -0.25) is 4.90 Å². The lowest BCUT2D eigenvalue weighted by Gasteiger charge is -2.31. The number of nitrogens with one attached hydrogen (secondary N) is 2. The van der Waals surface area contributed by atoms with Crippen LogP contribution in [-0.4, -0.2) is 43.1 Å². The van der Waals surface area contributed by atoms with E-state index in [1.54, 1.807) is 19.1 Å². The Hall–Kier alpha value is -2.41. The van der Waals surface area contributed by atoms with Crippen molar-refractivity contribution in [1.29, 1.82) is 0 Å². The van der Waals surface area contributed by atoms with Gasteiger partial charge in [-0.1, -0.05) is 12.1 Å². The molecule has 0 saturated carbocycles. The molecule has 0 aliphatic carbocycles. The molecular formula is C18H22FN3O3. The first-order chi connectivity index (χ1) is 12.1. The fourth-order valence-electron chi connectivity index (χ4n) is 3.29. The monoisotopic (exact) mass is 347 g/mol. The zero-order chi connectivity index (χ0) is 17.8. The molecule has 2 aliphatic heterocycles. The number of nitrogens with zero attached hydrogens (tertiary/aromatic N) is 1. The van der Waals surface area contributed by atoms with Crippen LogP contribution in [0.3, 0.4) is 0 Å². The summed E-state index contributed by atoms with van der Waals surface area (Å²) in [6, 6.07) is 4.75. The van der Waals surface area contributed by atoms with Gasteiger partial charge in [-0.2, -0.15) is 0 Å². The Bertz CT molecular complexity index is 699. The highest BCUT2D eigenvalue weighted by Crippen LogP contribution is 2.29. The number of ether oxygens (including phenoxy) is 1. The highest BCUT2D eigenvalue weighted by molar-refractivity contribution is 5.95. The quantitative estimate of drug-likeness (QED) is 0.800. The predicted molar refractivity (Wildman–Crippen MR) is 90.1 cm³/mol. The predicted octanol–water partition coefficient (Wildman–Crippen LogP) is 2.09. The SMILES string of the molecule is CCOC(=O)C1=C(CN2CCCC2)NC(=O)N[C@H]1c1cccc(F)c1. The van der Waals surface area contributed by atoms with Crippen LogP contribution >= 0.6 is 0 Å². The van der Waals surface area contributed by atoms with Crippen molar-refractivity contribution < 1.29 is 18.7 Å². The van der Waals surface area contributed by atoms with Crippen LogP contribution in [0, 0.1) is 5.82 Å². The van der Waals surface area contributed by atoms with Gasteiger partial charge in [-0.25, -0.2) is 14.0 Å². The minimum atomic E-state index is -0.735. The Morgan fingerprint density at radius 2 is 2.12 bits per heavy atom. The number of carbonyl (C=O) groups excluding carboxylic acids is 2. The Morgan fingerprint density at radius 3 is 2.80 bits per heavy atom. The van der Waals surface area contributed by atoms with E-state index in [4.69, 9.17) is 4.74 Å². The van der Waals surface area contributed by atoms with Crippen molar-refractivity contribution in [3.8, 4) is 0 Å². The first-order valence-corrected chi connectivity index (χ1v) is 8.54. The van der Waals surface area contributed by atoms with Crippen LogP contribution in [0.15, 0.2) is 35.5 Å². The van der Waals surface area contributed by atoms with E-state index in [1.807, 2.05) is 0 Å². The van der Waals surface area contributed by atoms with Crippen LogP contribution in [0.1, 0.15) is 31.4 Å². The fraction of sp³-hybridized carbons (Fsp3) is 0.444. The number of rotatable bonds is 5. The van der Waals surface area contributed by atoms with Gasteiger partial charge in [-0.15, -0.1) is 0 Å². The Morgan fingerprint density at radius 1 is 1.36 bits per heavy atom. The second kappa shape index (κ2) is 7.65. The number of halogens is 1. The molecule has 1 atom stereocenters. The van der Waals surface area contributed by atoms with E-state index in [0.29, 0.717) is 23.4 Å². The number of esters is 1. The van der Waals surface area contributed by atoms with E-state index in [9.17, 15) is 14.0 Å². The number of hydrogen-bond donors (Lipinski definition) is 2. The van der Waals surface area contributed by atoms with Crippen LogP contribution in [0.5, 0.6) is 0 Å². The van der Waals surface area contributed by atoms with Crippen molar-refractivity contribution in [3.05, 3.63) is 46.9 Å². The molecule has 2 aliphatic rings. The maximum Gasteiger partial charge on any atom is 0.338 e. The summed E-state index contributed by atoms with van der Waals surface area (Å²) in [6.07, 6.45) is 2.20. The summed E-state index contributed by atoms with van der Waals surface area (Å²) in [5.41, 5.74) is 1.37. The molecule has 2 amide bonds. The maximum absolute atomic E-state index is 13.7. The van der Waals surface area contributed by atoms with E-state index in [0.717, 1.165) is 25.9 Å². The molecule has 3 rings (SSSR count). The van der Waals surface area contributed by atoms with Crippen LogP contribution < -0.4 is 10.6 Å². The molecule has 0 unspecified atom stereocenters. The molecule has 1 aromatic carbocycles. The summed E-state index contributed by atoms with van der Waals surface area (Å²) in [5.74, 6) is -0.923. The molecule has 0 aromatic heterocycles. The first-order valence-electron chi connectivity index (χ1n) is 8.54. The van der Waals surface area contributed by atoms with Gasteiger partial charge in [0.05, 0.1) is 18.2 Å². The van der Waals surface area contributed by atoms with Crippen molar-refractivity contribution >= 4 is 12.0 Å². The molecule has 1 aromatic rings. The van der Waals surface area contributed by atoms with E-state index >= 15 is 0 Å². The van der Waals surface area contributed by atoms with E-state index in [2.05, 4.69) is 15.5 Å². The smallest absolute Gasteiger partial charge is 0.338 e. The van der Waals surface area contributed by atoms with Crippen molar-refractivity contribution in [2.75, 3.05) is 26.2 Å². The van der Waals surface area contributed by atoms with Gasteiger partial charge < -0.3 is 15.4 Å². The molecule has 25 heavy (non-hydrogen) atoms. The van der Waals surface area contributed by atoms with Gasteiger partial charge in [0.1, 0.15) is 5.82 Å². The third-order valence-electron chi connectivity index (χ3n) is 4.41. The van der Waals surface area contributed by atoms with E-state index < -0.39 is 23.9 Å². The molecule has 2 heterocycles. The number of likely N-dealkylation sites (tertiary alicyclic amines) is 1. The molecule has 134 valence electrons. The third-order valence-corrected chi connectivity index (χ3v) is 4.41. The summed E-state index contributed by atoms with van der Waals surface area (Å²) in [4.78, 5) is 26.9. The molecule has 1 saturated heterocycles. The average molecular weight is 347 g/mol. The number of urea groups is 1. The number of amides is 2. The van der Waals surface area contributed by atoms with Gasteiger partial charge in [0, 0.05) is 12.2 Å². The van der Waals surface area contributed by atoms with Crippen molar-refractivity contribution in [2.24, 2.45) is 0 Å². The summed E-state index contributed by atoms with van der Waals surface area (Å²) >= 11 is 0. The van der Waals surface area contributed by atoms with Crippen LogP contribution in [0.25, 0.3) is 0 Å². The Balaban J connectivity index is 2.00. The lowest BCUT2D eigenvalue weighted by Crippen LogP contribution is -2.48. The van der Waals surface area contributed by atoms with E-state index in [1.165, 1.54) is 12.1 Å². The fourth-order valence-corrected chi connectivity index (χ4v) is 3.29. The lowest BCUT2D eigenvalue weighted by molar-refractivity contribution is -0.139. The maximum atomic E-state index is 13.7. The van der Waals surface area contributed by atoms with Crippen LogP contribution in [-0.2, 0) is 9.53 Å². The normalized spacial score (nSPS) is 21.0. The van der Waals surface area contributed by atoms with Crippen LogP contribution in [0.4, 0.5) is 9.18 Å². The second-order valence-corrected chi connectivity index (χ2v) is 6.18. The molecule has 0 spiro atoms. The molecule has 2 N–H and O–H groups in total. The Kier molecular flexibility index (Phi) is 5.33. The lowest BCUT2D eigenvalue weighted by atomic mass is 9.95. The first kappa shape index (κ1) is 17.4. The van der Waals surface area contributed by atoms with Gasteiger partial charge >= 0.3 is 12.0 Å². The number of benzene rings is 1. The number of carbonyl (C=O) groups is 2. The molecular weight excluding hydrogens is 325 g/mol. The number of hydrogen-bond acceptors (Lipinski definition) is 4. The molecule has 0 bridgehead atoms. The standard InChI is InChI=1S/C18H22FN3O3/c1-2-25-17(23)15-14(11-22-8-3-4-9-22)20-18(24)21-16(15)12-6-5-7-13(19)10-12/h5-7,10,16H,2-4,8-9,11H2,1H3,(H2,20,21,24)/t16-/m0/s1. The van der Waals surface area contributed by atoms with Gasteiger partial charge in [0.25, 0.3) is 0 Å². The molecule has 6 nitrogen and oxygen atoms in total. The zero-order valence-corrected chi connectivity index (χ0v) is 14.2. The molecule has 1 fully saturated rings. The summed E-state index contributed by atoms with van der Waals surface area (Å²) in [7, 11) is 0. The third kappa shape index (κ3) is 3.99. The van der Waals surface area contributed by atoms with Crippen molar-refractivity contribution in [1.82, 2.24) is 15.5 Å². The van der Waals surface area contributed by atoms with Gasteiger partial charge in [-0.05, 0) is 50.6 Å². The van der Waals surface area contributed by atoms with Gasteiger partial charge in [0.2, 0.25) is 0 Å². The van der Waals surface area contributed by atoms with Crippen molar-refractivity contribution in [3.63, 3.8) is 0 Å². The second-order valence-electron chi connectivity index (χ2n) is 6.18. The molecule has 7 heteroatoms. The highest BCUT2D eigenvalue weighted by atomic mass is 19.1. The largest absolute Gasteiger partial charge is 0.463 e. The van der Waals surface area contributed by atoms with Crippen molar-refractivity contribution in [2.45, 2.75) is 25.8 Å². The minimum absolute atomic E-state index is 0.225. The highest BCUT2D eigenvalue weighted by Gasteiger charge is 2.34. The average Bonchev–Trinajstić information content (AvgIpc) is 3.07. The summed E-state index contributed by atoms with van der Waals surface area (Å²) in [5, 5.41) is 5.45. The van der Waals surface area contributed by atoms with Crippen LogP contribution in [0.2, 0.25) is 0 Å². The molecule has 0 radical (unpaired) electrons. The Labute approximate surface area is 146 Å². The van der Waals surface area contributed by atoms with Gasteiger partial charge in [0.15, 0.2) is 0 Å². The topological polar surface area (TPSA) is 70.7 Å². The summed E-state index contributed by atoms with van der Waals surface area (Å²) in [6.45, 7) is 4.27. The van der Waals surface area contributed by atoms with E-state index in [-0.39, 0.29) is 6.61 Å².